The molecule has 1 aromatic carbocycles. The second-order valence-corrected chi connectivity index (χ2v) is 8.76. The summed E-state index contributed by atoms with van der Waals surface area (Å²) in [6.07, 6.45) is 1.16. The standard InChI is InChI=1S/C21H29FN6O3/c1-14-24-25-26-28(14)18(13-15-5-7-16(22)8-6-15)19(29)27-11-9-17(10-12-27)23-20(30)31-21(2,3)4/h5-8,17-18H,9-13H2,1-4H3,(H,23,30). The van der Waals surface area contributed by atoms with Crippen LogP contribution in [-0.4, -0.2) is 61.8 Å². The van der Waals surface area contributed by atoms with Gasteiger partial charge in [0.1, 0.15) is 23.3 Å². The number of carbonyl (C=O) groups excluding carboxylic acids is 2. The second kappa shape index (κ2) is 9.40. The maximum atomic E-state index is 13.4. The summed E-state index contributed by atoms with van der Waals surface area (Å²) in [6.45, 7) is 8.19. The van der Waals surface area contributed by atoms with Gasteiger partial charge in [0.15, 0.2) is 0 Å². The van der Waals surface area contributed by atoms with E-state index in [-0.39, 0.29) is 17.8 Å². The molecule has 31 heavy (non-hydrogen) atoms. The molecule has 1 fully saturated rings. The number of hydrogen-bond donors (Lipinski definition) is 1. The van der Waals surface area contributed by atoms with Gasteiger partial charge < -0.3 is 15.0 Å². The van der Waals surface area contributed by atoms with Crippen LogP contribution in [0.4, 0.5) is 9.18 Å². The zero-order valence-electron chi connectivity index (χ0n) is 18.3. The summed E-state index contributed by atoms with van der Waals surface area (Å²) in [4.78, 5) is 27.1. The number of tetrazole rings is 1. The third kappa shape index (κ3) is 6.22. The first-order valence-electron chi connectivity index (χ1n) is 10.4. The SMILES string of the molecule is Cc1nnnn1C(Cc1ccc(F)cc1)C(=O)N1CCC(NC(=O)OC(C)(C)C)CC1. The topological polar surface area (TPSA) is 102 Å². The van der Waals surface area contributed by atoms with Crippen LogP contribution < -0.4 is 5.32 Å². The Labute approximate surface area is 180 Å². The minimum atomic E-state index is -0.629. The summed E-state index contributed by atoms with van der Waals surface area (Å²) in [6, 6.07) is 5.38. The number of alkyl carbamates (subject to hydrolysis) is 1. The van der Waals surface area contributed by atoms with Gasteiger partial charge in [0.25, 0.3) is 0 Å². The van der Waals surface area contributed by atoms with Gasteiger partial charge in [-0.2, -0.15) is 0 Å². The van der Waals surface area contributed by atoms with E-state index >= 15 is 0 Å². The number of halogens is 1. The average Bonchev–Trinajstić information content (AvgIpc) is 3.12. The van der Waals surface area contributed by atoms with Crippen molar-refractivity contribution in [3.8, 4) is 0 Å². The summed E-state index contributed by atoms with van der Waals surface area (Å²) < 4.78 is 20.1. The molecule has 168 valence electrons. The molecule has 1 unspecified atom stereocenters. The number of piperidine rings is 1. The van der Waals surface area contributed by atoms with Crippen LogP contribution in [0.5, 0.6) is 0 Å². The predicted octanol–water partition coefficient (Wildman–Crippen LogP) is 2.42. The Hall–Kier alpha value is -3.04. The summed E-state index contributed by atoms with van der Waals surface area (Å²) >= 11 is 0. The van der Waals surface area contributed by atoms with Crippen LogP contribution in [0.25, 0.3) is 0 Å². The van der Waals surface area contributed by atoms with E-state index in [1.807, 2.05) is 20.8 Å². The van der Waals surface area contributed by atoms with Crippen molar-refractivity contribution in [1.82, 2.24) is 30.4 Å². The fourth-order valence-electron chi connectivity index (χ4n) is 3.58. The smallest absolute Gasteiger partial charge is 0.407 e. The molecule has 3 rings (SSSR count). The molecular weight excluding hydrogens is 403 g/mol. The zero-order valence-corrected chi connectivity index (χ0v) is 18.3. The average molecular weight is 433 g/mol. The first kappa shape index (κ1) is 22.6. The number of nitrogens with one attached hydrogen (secondary N) is 1. The highest BCUT2D eigenvalue weighted by atomic mass is 19.1. The summed E-state index contributed by atoms with van der Waals surface area (Å²) in [5.41, 5.74) is 0.258. The van der Waals surface area contributed by atoms with Gasteiger partial charge >= 0.3 is 6.09 Å². The lowest BCUT2D eigenvalue weighted by atomic mass is 10.0. The van der Waals surface area contributed by atoms with Crippen molar-refractivity contribution in [3.05, 3.63) is 41.5 Å². The molecule has 0 spiro atoms. The summed E-state index contributed by atoms with van der Waals surface area (Å²) in [7, 11) is 0. The van der Waals surface area contributed by atoms with Crippen LogP contribution in [0, 0.1) is 12.7 Å². The summed E-state index contributed by atoms with van der Waals surface area (Å²) in [5.74, 6) is 0.0992. The third-order valence-corrected chi connectivity index (χ3v) is 5.11. The number of aromatic nitrogens is 4. The maximum absolute atomic E-state index is 13.4. The molecule has 2 amide bonds. The quantitative estimate of drug-likeness (QED) is 0.779. The van der Waals surface area contributed by atoms with Gasteiger partial charge in [0.2, 0.25) is 5.91 Å². The van der Waals surface area contributed by atoms with Gasteiger partial charge in [0, 0.05) is 25.6 Å². The molecule has 1 N–H and O–H groups in total. The molecule has 2 aromatic rings. The molecule has 9 nitrogen and oxygen atoms in total. The van der Waals surface area contributed by atoms with Crippen molar-refractivity contribution < 1.29 is 18.7 Å². The Kier molecular flexibility index (Phi) is 6.87. The van der Waals surface area contributed by atoms with Crippen molar-refractivity contribution in [2.45, 2.75) is 64.6 Å². The summed E-state index contributed by atoms with van der Waals surface area (Å²) in [5, 5.41) is 14.4. The molecule has 0 saturated carbocycles. The van der Waals surface area contributed by atoms with Gasteiger partial charge in [-0.15, -0.1) is 5.10 Å². The number of aryl methyl sites for hydroxylation is 1. The molecule has 0 radical (unpaired) electrons. The number of benzene rings is 1. The number of ether oxygens (including phenoxy) is 1. The van der Waals surface area contributed by atoms with E-state index in [9.17, 15) is 14.0 Å². The highest BCUT2D eigenvalue weighted by Crippen LogP contribution is 2.21. The van der Waals surface area contributed by atoms with Crippen molar-refractivity contribution in [1.29, 1.82) is 0 Å². The number of rotatable bonds is 5. The first-order valence-corrected chi connectivity index (χ1v) is 10.4. The second-order valence-electron chi connectivity index (χ2n) is 8.76. The fraction of sp³-hybridized carbons (Fsp3) is 0.571. The Morgan fingerprint density at radius 2 is 1.87 bits per heavy atom. The molecule has 0 bridgehead atoms. The van der Waals surface area contributed by atoms with Crippen molar-refractivity contribution >= 4 is 12.0 Å². The minimum Gasteiger partial charge on any atom is -0.444 e. The zero-order chi connectivity index (χ0) is 22.6. The van der Waals surface area contributed by atoms with E-state index in [2.05, 4.69) is 20.8 Å². The monoisotopic (exact) mass is 432 g/mol. The van der Waals surface area contributed by atoms with Crippen LogP contribution in [0.1, 0.15) is 51.0 Å². The van der Waals surface area contributed by atoms with Gasteiger partial charge in [0.05, 0.1) is 0 Å². The van der Waals surface area contributed by atoms with Crippen LogP contribution in [0.15, 0.2) is 24.3 Å². The largest absolute Gasteiger partial charge is 0.444 e. The molecule has 0 aliphatic carbocycles. The van der Waals surface area contributed by atoms with E-state index in [0.717, 1.165) is 5.56 Å². The maximum Gasteiger partial charge on any atom is 0.407 e. The van der Waals surface area contributed by atoms with Gasteiger partial charge in [-0.3, -0.25) is 4.79 Å². The molecule has 1 atom stereocenters. The molecule has 1 aliphatic heterocycles. The van der Waals surface area contributed by atoms with Crippen molar-refractivity contribution in [2.24, 2.45) is 0 Å². The Bertz CT molecular complexity index is 901. The first-order chi connectivity index (χ1) is 14.6. The lowest BCUT2D eigenvalue weighted by Crippen LogP contribution is -2.49. The Morgan fingerprint density at radius 3 is 2.42 bits per heavy atom. The minimum absolute atomic E-state index is 0.0516. The number of likely N-dealkylation sites (tertiary alicyclic amines) is 1. The molecule has 1 saturated heterocycles. The van der Waals surface area contributed by atoms with E-state index in [1.165, 1.54) is 16.8 Å². The third-order valence-electron chi connectivity index (χ3n) is 5.11. The number of carbonyl (C=O) groups is 2. The van der Waals surface area contributed by atoms with Crippen LogP contribution >= 0.6 is 0 Å². The highest BCUT2D eigenvalue weighted by Gasteiger charge is 2.32. The number of hydrogen-bond acceptors (Lipinski definition) is 6. The fourth-order valence-corrected chi connectivity index (χ4v) is 3.58. The number of amides is 2. The van der Waals surface area contributed by atoms with Crippen LogP contribution in [0.2, 0.25) is 0 Å². The predicted molar refractivity (Wildman–Crippen MR) is 111 cm³/mol. The van der Waals surface area contributed by atoms with Crippen LogP contribution in [-0.2, 0) is 16.0 Å². The highest BCUT2D eigenvalue weighted by molar-refractivity contribution is 5.81. The molecular formula is C21H29FN6O3. The normalized spacial score (nSPS) is 16.1. The molecule has 1 aliphatic rings. The van der Waals surface area contributed by atoms with Crippen LogP contribution in [0.3, 0.4) is 0 Å². The Balaban J connectivity index is 1.65. The van der Waals surface area contributed by atoms with Gasteiger partial charge in [-0.25, -0.2) is 13.9 Å². The lowest BCUT2D eigenvalue weighted by Gasteiger charge is -2.34. The molecule has 1 aromatic heterocycles. The van der Waals surface area contributed by atoms with E-state index in [1.54, 1.807) is 24.0 Å². The van der Waals surface area contributed by atoms with Gasteiger partial charge in [-0.1, -0.05) is 12.1 Å². The number of nitrogens with zero attached hydrogens (tertiary/aromatic N) is 5. The van der Waals surface area contributed by atoms with Crippen molar-refractivity contribution in [3.63, 3.8) is 0 Å². The molecule has 2 heterocycles. The van der Waals surface area contributed by atoms with E-state index in [0.29, 0.717) is 38.2 Å². The van der Waals surface area contributed by atoms with E-state index in [4.69, 9.17) is 4.74 Å². The molecule has 10 heteroatoms. The van der Waals surface area contributed by atoms with E-state index < -0.39 is 17.7 Å². The van der Waals surface area contributed by atoms with Gasteiger partial charge in [-0.05, 0) is 68.7 Å². The lowest BCUT2D eigenvalue weighted by molar-refractivity contribution is -0.136. The Morgan fingerprint density at radius 1 is 1.23 bits per heavy atom. The van der Waals surface area contributed by atoms with Crippen molar-refractivity contribution in [2.75, 3.05) is 13.1 Å².